The fourth-order valence-electron chi connectivity index (χ4n) is 6.55. The predicted molar refractivity (Wildman–Crippen MR) is 127 cm³/mol. The highest BCUT2D eigenvalue weighted by Gasteiger charge is 2.61. The van der Waals surface area contributed by atoms with Gasteiger partial charge in [0.15, 0.2) is 5.82 Å². The average Bonchev–Trinajstić information content (AvgIpc) is 3.31. The first-order valence-electron chi connectivity index (χ1n) is 12.1. The zero-order valence-corrected chi connectivity index (χ0v) is 19.6. The molecule has 7 heteroatoms. The molecule has 2 bridgehead atoms. The number of urea groups is 1. The minimum atomic E-state index is 0.0155. The molecule has 2 amide bonds. The lowest BCUT2D eigenvalue weighted by Gasteiger charge is -2.36. The topological polar surface area (TPSA) is 73.4 Å². The van der Waals surface area contributed by atoms with Gasteiger partial charge in [0, 0.05) is 24.5 Å². The van der Waals surface area contributed by atoms with Crippen LogP contribution < -0.4 is 10.6 Å². The van der Waals surface area contributed by atoms with E-state index in [1.165, 1.54) is 32.1 Å². The van der Waals surface area contributed by atoms with Crippen LogP contribution in [0.5, 0.6) is 0 Å². The molecule has 32 heavy (non-hydrogen) atoms. The third kappa shape index (κ3) is 3.91. The number of aromatic nitrogens is 2. The number of hydrogen-bond donors (Lipinski definition) is 2. The van der Waals surface area contributed by atoms with Crippen molar-refractivity contribution in [2.75, 3.05) is 39.5 Å². The molecule has 3 fully saturated rings. The van der Waals surface area contributed by atoms with Crippen molar-refractivity contribution in [3.63, 3.8) is 0 Å². The maximum Gasteiger partial charge on any atom is 0.317 e. The van der Waals surface area contributed by atoms with E-state index in [4.69, 9.17) is 9.97 Å². The number of para-hydroxylation sites is 1. The van der Waals surface area contributed by atoms with E-state index >= 15 is 0 Å². The second-order valence-electron chi connectivity index (χ2n) is 10.4. The van der Waals surface area contributed by atoms with E-state index in [1.54, 1.807) is 4.90 Å². The molecule has 3 aliphatic carbocycles. The quantitative estimate of drug-likeness (QED) is 0.617. The van der Waals surface area contributed by atoms with Crippen molar-refractivity contribution >= 4 is 22.8 Å². The molecule has 5 rings (SSSR count). The van der Waals surface area contributed by atoms with Crippen molar-refractivity contribution in [3.05, 3.63) is 30.1 Å². The molecule has 0 spiro atoms. The van der Waals surface area contributed by atoms with Gasteiger partial charge in [0.25, 0.3) is 0 Å². The van der Waals surface area contributed by atoms with Crippen molar-refractivity contribution in [1.29, 1.82) is 0 Å². The first kappa shape index (κ1) is 21.4. The Bertz CT molecular complexity index is 978. The molecule has 3 saturated carbocycles. The van der Waals surface area contributed by atoms with Gasteiger partial charge in [-0.3, -0.25) is 0 Å². The zero-order valence-electron chi connectivity index (χ0n) is 19.6. The number of carbonyl (C=O) groups is 1. The van der Waals surface area contributed by atoms with Crippen LogP contribution in [0.25, 0.3) is 10.9 Å². The van der Waals surface area contributed by atoms with E-state index in [1.807, 2.05) is 25.2 Å². The molecule has 1 aromatic carbocycles. The summed E-state index contributed by atoms with van der Waals surface area (Å²) in [6.45, 7) is 2.27. The van der Waals surface area contributed by atoms with Crippen LogP contribution in [0.4, 0.5) is 10.6 Å². The fourth-order valence-corrected chi connectivity index (χ4v) is 6.55. The molecule has 2 N–H and O–H groups in total. The van der Waals surface area contributed by atoms with Crippen LogP contribution in [0.1, 0.15) is 44.3 Å². The van der Waals surface area contributed by atoms with Gasteiger partial charge in [0.1, 0.15) is 5.82 Å². The number of carbonyl (C=O) groups excluding carboxylic acids is 1. The number of benzene rings is 1. The molecular weight excluding hydrogens is 400 g/mol. The van der Waals surface area contributed by atoms with Gasteiger partial charge < -0.3 is 20.4 Å². The van der Waals surface area contributed by atoms with Gasteiger partial charge >= 0.3 is 6.03 Å². The Morgan fingerprint density at radius 1 is 1.12 bits per heavy atom. The van der Waals surface area contributed by atoms with E-state index in [0.29, 0.717) is 24.2 Å². The third-order valence-corrected chi connectivity index (χ3v) is 7.97. The Kier molecular flexibility index (Phi) is 5.70. The number of amides is 2. The molecule has 0 saturated heterocycles. The lowest BCUT2D eigenvalue weighted by atomic mass is 9.82. The zero-order chi connectivity index (χ0) is 22.3. The molecule has 0 aliphatic heterocycles. The summed E-state index contributed by atoms with van der Waals surface area (Å²) in [4.78, 5) is 26.7. The van der Waals surface area contributed by atoms with Gasteiger partial charge in [0.2, 0.25) is 0 Å². The van der Waals surface area contributed by atoms with Crippen molar-refractivity contribution in [2.45, 2.75) is 50.6 Å². The molecule has 1 aromatic heterocycles. The molecule has 7 nitrogen and oxygen atoms in total. The molecule has 0 radical (unpaired) electrons. The number of hydrogen-bond acceptors (Lipinski definition) is 5. The van der Waals surface area contributed by atoms with Crippen LogP contribution in [0, 0.1) is 17.8 Å². The minimum absolute atomic E-state index is 0.0155. The molecular formula is C25H36N6O. The maximum atomic E-state index is 13.2. The predicted octanol–water partition coefficient (Wildman–Crippen LogP) is 3.71. The second kappa shape index (κ2) is 8.50. The van der Waals surface area contributed by atoms with Gasteiger partial charge in [-0.25, -0.2) is 14.8 Å². The first-order chi connectivity index (χ1) is 15.4. The van der Waals surface area contributed by atoms with E-state index < -0.39 is 0 Å². The summed E-state index contributed by atoms with van der Waals surface area (Å²) < 4.78 is 0. The average molecular weight is 437 g/mol. The monoisotopic (exact) mass is 436 g/mol. The summed E-state index contributed by atoms with van der Waals surface area (Å²) in [5.41, 5.74) is 0.965. The standard InChI is InChI=1S/C25H36N6O/c1-30(2)12-6-11-26-23-20-7-4-5-8-21(20)27-22(28-23)16-31(3)24(32)29-25-15-17-13-18(25)9-10-19(25)14-17/h4-5,7-8,17-19H,6,9-16H2,1-3H3,(H,29,32)(H,26,27,28)/t17?,18-,19+,25?. The SMILES string of the molecule is CN(C)CCCNc1nc(CN(C)C(=O)NC23CC4C[C@H]2CC[C@H]3C4)nc2ccccc12. The lowest BCUT2D eigenvalue weighted by Crippen LogP contribution is -2.55. The van der Waals surface area contributed by atoms with Crippen LogP contribution in [0.3, 0.4) is 0 Å². The molecule has 2 unspecified atom stereocenters. The molecule has 1 heterocycles. The van der Waals surface area contributed by atoms with Crippen molar-refractivity contribution in [1.82, 2.24) is 25.1 Å². The Balaban J connectivity index is 1.28. The molecule has 4 atom stereocenters. The Morgan fingerprint density at radius 3 is 2.62 bits per heavy atom. The minimum Gasteiger partial charge on any atom is -0.369 e. The van der Waals surface area contributed by atoms with E-state index in [2.05, 4.69) is 35.7 Å². The van der Waals surface area contributed by atoms with Gasteiger partial charge in [0.05, 0.1) is 12.1 Å². The number of fused-ring (bicyclic) bond motifs is 2. The number of nitrogens with zero attached hydrogens (tertiary/aromatic N) is 4. The van der Waals surface area contributed by atoms with Crippen LogP contribution in [0.2, 0.25) is 0 Å². The van der Waals surface area contributed by atoms with Crippen LogP contribution in [-0.2, 0) is 6.54 Å². The van der Waals surface area contributed by atoms with Gasteiger partial charge in [-0.2, -0.15) is 0 Å². The van der Waals surface area contributed by atoms with E-state index in [-0.39, 0.29) is 11.6 Å². The highest BCUT2D eigenvalue weighted by Crippen LogP contribution is 2.62. The van der Waals surface area contributed by atoms with Crippen molar-refractivity contribution < 1.29 is 4.79 Å². The Hall–Kier alpha value is -2.41. The third-order valence-electron chi connectivity index (χ3n) is 7.97. The second-order valence-corrected chi connectivity index (χ2v) is 10.4. The smallest absolute Gasteiger partial charge is 0.317 e. The fraction of sp³-hybridized carbons (Fsp3) is 0.640. The summed E-state index contributed by atoms with van der Waals surface area (Å²) in [6.07, 6.45) is 7.38. The van der Waals surface area contributed by atoms with Crippen LogP contribution >= 0.6 is 0 Å². The maximum absolute atomic E-state index is 13.2. The van der Waals surface area contributed by atoms with E-state index in [0.717, 1.165) is 42.1 Å². The summed E-state index contributed by atoms with van der Waals surface area (Å²) in [6, 6.07) is 8.09. The summed E-state index contributed by atoms with van der Waals surface area (Å²) in [5.74, 6) is 3.71. The highest BCUT2D eigenvalue weighted by molar-refractivity contribution is 5.89. The normalized spacial score (nSPS) is 27.9. The van der Waals surface area contributed by atoms with Gasteiger partial charge in [-0.15, -0.1) is 0 Å². The largest absolute Gasteiger partial charge is 0.369 e. The summed E-state index contributed by atoms with van der Waals surface area (Å²) >= 11 is 0. The first-order valence-corrected chi connectivity index (χ1v) is 12.1. The Labute approximate surface area is 191 Å². The highest BCUT2D eigenvalue weighted by atomic mass is 16.2. The van der Waals surface area contributed by atoms with Crippen LogP contribution in [-0.4, -0.2) is 65.6 Å². The Morgan fingerprint density at radius 2 is 1.88 bits per heavy atom. The van der Waals surface area contributed by atoms with E-state index in [9.17, 15) is 4.79 Å². The summed E-state index contributed by atoms with van der Waals surface area (Å²) in [5, 5.41) is 7.99. The number of nitrogens with one attached hydrogen (secondary N) is 2. The lowest BCUT2D eigenvalue weighted by molar-refractivity contribution is 0.168. The molecule has 172 valence electrons. The van der Waals surface area contributed by atoms with Gasteiger partial charge in [-0.1, -0.05) is 12.1 Å². The number of anilines is 1. The van der Waals surface area contributed by atoms with Crippen molar-refractivity contribution in [2.24, 2.45) is 17.8 Å². The molecule has 3 aliphatic rings. The summed E-state index contributed by atoms with van der Waals surface area (Å²) in [7, 11) is 6.03. The van der Waals surface area contributed by atoms with Crippen LogP contribution in [0.15, 0.2) is 24.3 Å². The van der Waals surface area contributed by atoms with Gasteiger partial charge in [-0.05, 0) is 89.1 Å². The molecule has 2 aromatic rings. The van der Waals surface area contributed by atoms with Crippen molar-refractivity contribution in [3.8, 4) is 0 Å². The number of rotatable bonds is 8.